The van der Waals surface area contributed by atoms with Gasteiger partial charge in [0.15, 0.2) is 0 Å². The number of alkyl halides is 1. The monoisotopic (exact) mass is 315 g/mol. The Morgan fingerprint density at radius 2 is 2.38 bits per heavy atom. The van der Waals surface area contributed by atoms with Crippen LogP contribution >= 0.6 is 11.6 Å². The van der Waals surface area contributed by atoms with Crippen LogP contribution in [0.3, 0.4) is 0 Å². The molecule has 0 bridgehead atoms. The number of hydrogen-bond donors (Lipinski definition) is 2. The third-order valence-corrected chi connectivity index (χ3v) is 3.49. The molecule has 1 aromatic carbocycles. The maximum Gasteiger partial charge on any atom is 0.237 e. The zero-order valence-electron chi connectivity index (χ0n) is 10.8. The molecule has 6 nitrogen and oxygen atoms in total. The summed E-state index contributed by atoms with van der Waals surface area (Å²) in [6.07, 6.45) is -1.43. The van der Waals surface area contributed by atoms with Gasteiger partial charge in [-0.25, -0.2) is 8.78 Å². The predicted molar refractivity (Wildman–Crippen MR) is 72.9 cm³/mol. The molecule has 1 amide bonds. The molecule has 21 heavy (non-hydrogen) atoms. The highest BCUT2D eigenvalue weighted by atomic mass is 35.5. The first-order chi connectivity index (χ1) is 10.0. The van der Waals surface area contributed by atoms with Crippen molar-refractivity contribution in [2.75, 3.05) is 6.54 Å². The van der Waals surface area contributed by atoms with E-state index in [0.717, 1.165) is 0 Å². The van der Waals surface area contributed by atoms with E-state index < -0.39 is 30.0 Å². The van der Waals surface area contributed by atoms with Crippen LogP contribution in [0.25, 0.3) is 10.4 Å². The first-order valence-corrected chi connectivity index (χ1v) is 6.54. The average molecular weight is 316 g/mol. The Morgan fingerprint density at radius 1 is 1.62 bits per heavy atom. The molecule has 2 rings (SSSR count). The third-order valence-electron chi connectivity index (χ3n) is 3.20. The number of azide groups is 1. The summed E-state index contributed by atoms with van der Waals surface area (Å²) in [5.41, 5.74) is 8.60. The molecule has 0 unspecified atom stereocenters. The molecule has 0 radical (unpaired) electrons. The van der Waals surface area contributed by atoms with Gasteiger partial charge in [0, 0.05) is 23.6 Å². The molecule has 1 aliphatic rings. The predicted octanol–water partition coefficient (Wildman–Crippen LogP) is 2.08. The Hall–Kier alpha value is -1.89. The molecule has 1 fully saturated rings. The van der Waals surface area contributed by atoms with E-state index in [4.69, 9.17) is 17.1 Å². The zero-order chi connectivity index (χ0) is 15.4. The second-order valence-corrected chi connectivity index (χ2v) is 4.94. The van der Waals surface area contributed by atoms with Crippen molar-refractivity contribution < 1.29 is 13.6 Å². The van der Waals surface area contributed by atoms with Crippen LogP contribution in [0.4, 0.5) is 8.78 Å². The minimum absolute atomic E-state index is 0.0449. The van der Waals surface area contributed by atoms with E-state index in [1.165, 1.54) is 12.1 Å². The van der Waals surface area contributed by atoms with Gasteiger partial charge in [-0.15, -0.1) is 0 Å². The topological polar surface area (TPSA) is 89.9 Å². The molecule has 3 atom stereocenters. The third kappa shape index (κ3) is 3.41. The lowest BCUT2D eigenvalue weighted by atomic mass is 10.1. The second-order valence-electron chi connectivity index (χ2n) is 4.53. The van der Waals surface area contributed by atoms with Crippen molar-refractivity contribution in [1.82, 2.24) is 10.6 Å². The lowest BCUT2D eigenvalue weighted by molar-refractivity contribution is -0.123. The summed E-state index contributed by atoms with van der Waals surface area (Å²) in [7, 11) is 0. The van der Waals surface area contributed by atoms with Gasteiger partial charge in [-0.1, -0.05) is 28.8 Å². The summed E-state index contributed by atoms with van der Waals surface area (Å²) < 4.78 is 27.1. The zero-order valence-corrected chi connectivity index (χ0v) is 11.5. The Balaban J connectivity index is 2.01. The lowest BCUT2D eigenvalue weighted by Crippen LogP contribution is -2.45. The number of nitrogens with one attached hydrogen (secondary N) is 2. The Kier molecular flexibility index (Phi) is 4.95. The van der Waals surface area contributed by atoms with Crippen LogP contribution in [0, 0.1) is 5.82 Å². The first kappa shape index (κ1) is 15.5. The molecule has 1 aromatic rings. The van der Waals surface area contributed by atoms with E-state index in [0.29, 0.717) is 0 Å². The van der Waals surface area contributed by atoms with Gasteiger partial charge in [0.05, 0.1) is 17.1 Å². The van der Waals surface area contributed by atoms with Gasteiger partial charge in [0.1, 0.15) is 12.0 Å². The van der Waals surface area contributed by atoms with Gasteiger partial charge in [-0.05, 0) is 11.6 Å². The summed E-state index contributed by atoms with van der Waals surface area (Å²) in [5, 5.41) is 8.34. The molecule has 9 heteroatoms. The van der Waals surface area contributed by atoms with Crippen molar-refractivity contribution in [3.05, 3.63) is 45.0 Å². The van der Waals surface area contributed by atoms with Gasteiger partial charge >= 0.3 is 0 Å². The number of rotatable bonds is 4. The number of nitrogens with zero attached hydrogens (tertiary/aromatic N) is 3. The van der Waals surface area contributed by atoms with Crippen molar-refractivity contribution in [2.24, 2.45) is 5.11 Å². The molecule has 1 heterocycles. The fourth-order valence-electron chi connectivity index (χ4n) is 2.11. The van der Waals surface area contributed by atoms with Crippen LogP contribution in [0.2, 0.25) is 5.02 Å². The van der Waals surface area contributed by atoms with Crippen LogP contribution in [-0.4, -0.2) is 30.7 Å². The quantitative estimate of drug-likeness (QED) is 0.506. The molecule has 0 aromatic heterocycles. The molecule has 0 aliphatic carbocycles. The number of benzene rings is 1. The Labute approximate surface area is 124 Å². The number of halogens is 3. The summed E-state index contributed by atoms with van der Waals surface area (Å²) in [5.74, 6) is -1.18. The summed E-state index contributed by atoms with van der Waals surface area (Å²) in [6, 6.07) is 2.34. The van der Waals surface area contributed by atoms with Gasteiger partial charge in [-0.2, -0.15) is 0 Å². The number of carbonyl (C=O) groups is 1. The van der Waals surface area contributed by atoms with Crippen molar-refractivity contribution in [3.8, 4) is 0 Å². The largest absolute Gasteiger partial charge is 0.351 e. The van der Waals surface area contributed by atoms with Crippen LogP contribution in [0.1, 0.15) is 5.56 Å². The second kappa shape index (κ2) is 6.71. The molecular formula is C12H12ClF2N5O. The van der Waals surface area contributed by atoms with Gasteiger partial charge in [0.25, 0.3) is 0 Å². The molecule has 2 N–H and O–H groups in total. The van der Waals surface area contributed by atoms with E-state index in [9.17, 15) is 13.6 Å². The molecule has 112 valence electrons. The Morgan fingerprint density at radius 3 is 3.10 bits per heavy atom. The highest BCUT2D eigenvalue weighted by Crippen LogP contribution is 2.19. The standard InChI is InChI=1S/C12H12ClF2N5O/c13-7-3-1-2-6(9(7)15)4-18-12(21)11-10(19-20-16)8(14)5-17-11/h1-3,8,10-11,17H,4-5H2,(H,18,21)/t8-,10+,11-/m0/s1. The normalized spacial score (nSPS) is 24.4. The van der Waals surface area contributed by atoms with Crippen molar-refractivity contribution >= 4 is 17.5 Å². The molecular weight excluding hydrogens is 304 g/mol. The fourth-order valence-corrected chi connectivity index (χ4v) is 2.31. The van der Waals surface area contributed by atoms with E-state index in [1.807, 2.05) is 0 Å². The summed E-state index contributed by atoms with van der Waals surface area (Å²) in [4.78, 5) is 14.5. The highest BCUT2D eigenvalue weighted by Gasteiger charge is 2.39. The number of hydrogen-bond acceptors (Lipinski definition) is 3. The maximum absolute atomic E-state index is 13.7. The maximum atomic E-state index is 13.7. The molecule has 1 aliphatic heterocycles. The van der Waals surface area contributed by atoms with Gasteiger partial charge < -0.3 is 10.6 Å². The highest BCUT2D eigenvalue weighted by molar-refractivity contribution is 6.30. The van der Waals surface area contributed by atoms with Crippen molar-refractivity contribution in [1.29, 1.82) is 0 Å². The number of carbonyl (C=O) groups excluding carboxylic acids is 1. The van der Waals surface area contributed by atoms with E-state index in [2.05, 4.69) is 20.7 Å². The first-order valence-electron chi connectivity index (χ1n) is 6.17. The SMILES string of the molecule is [N-]=[N+]=N[C@H]1[C@@H](C(=O)NCc2cccc(Cl)c2F)NC[C@@H]1F. The van der Waals surface area contributed by atoms with E-state index in [-0.39, 0.29) is 23.7 Å². The molecule has 0 saturated carbocycles. The molecule has 1 saturated heterocycles. The molecule has 0 spiro atoms. The Bertz CT molecular complexity index is 593. The average Bonchev–Trinajstić information content (AvgIpc) is 2.82. The van der Waals surface area contributed by atoms with Gasteiger partial charge in [-0.3, -0.25) is 4.79 Å². The fraction of sp³-hybridized carbons (Fsp3) is 0.417. The minimum atomic E-state index is -1.43. The summed E-state index contributed by atoms with van der Waals surface area (Å²) in [6.45, 7) is -0.170. The van der Waals surface area contributed by atoms with Crippen LogP contribution < -0.4 is 10.6 Å². The van der Waals surface area contributed by atoms with Crippen molar-refractivity contribution in [2.45, 2.75) is 24.8 Å². The van der Waals surface area contributed by atoms with E-state index in [1.54, 1.807) is 6.07 Å². The van der Waals surface area contributed by atoms with Crippen molar-refractivity contribution in [3.63, 3.8) is 0 Å². The smallest absolute Gasteiger partial charge is 0.237 e. The van der Waals surface area contributed by atoms with E-state index >= 15 is 0 Å². The minimum Gasteiger partial charge on any atom is -0.351 e. The lowest BCUT2D eigenvalue weighted by Gasteiger charge is -2.16. The number of amides is 1. The van der Waals surface area contributed by atoms with Crippen LogP contribution in [-0.2, 0) is 11.3 Å². The van der Waals surface area contributed by atoms with Crippen LogP contribution in [0.15, 0.2) is 23.3 Å². The summed E-state index contributed by atoms with van der Waals surface area (Å²) >= 11 is 5.63. The van der Waals surface area contributed by atoms with Gasteiger partial charge in [0.2, 0.25) is 5.91 Å². The van der Waals surface area contributed by atoms with Crippen LogP contribution in [0.5, 0.6) is 0 Å².